The summed E-state index contributed by atoms with van der Waals surface area (Å²) >= 11 is 0. The summed E-state index contributed by atoms with van der Waals surface area (Å²) in [7, 11) is 0. The number of hydrogen-bond acceptors (Lipinski definition) is 4. The predicted molar refractivity (Wildman–Crippen MR) is 112 cm³/mol. The van der Waals surface area contributed by atoms with Crippen molar-refractivity contribution in [3.05, 3.63) is 82.6 Å². The third kappa shape index (κ3) is 4.24. The van der Waals surface area contributed by atoms with Crippen molar-refractivity contribution in [1.29, 1.82) is 0 Å². The highest BCUT2D eigenvalue weighted by Gasteiger charge is 2.28. The fraction of sp³-hybridized carbons (Fsp3) is 0.375. The number of hydrogen-bond donors (Lipinski definition) is 0. The second-order valence-corrected chi connectivity index (χ2v) is 8.07. The predicted octanol–water partition coefficient (Wildman–Crippen LogP) is 4.61. The summed E-state index contributed by atoms with van der Waals surface area (Å²) in [5.74, 6) is 1.39. The number of carbonyl (C=O) groups excluding carboxylic acids is 1. The number of fused-ring (bicyclic) bond motifs is 1. The van der Waals surface area contributed by atoms with Crippen molar-refractivity contribution in [3.8, 4) is 0 Å². The van der Waals surface area contributed by atoms with Crippen LogP contribution in [0.2, 0.25) is 0 Å². The lowest BCUT2D eigenvalue weighted by atomic mass is 9.92. The molecule has 0 saturated heterocycles. The summed E-state index contributed by atoms with van der Waals surface area (Å²) in [6.45, 7) is 7.58. The van der Waals surface area contributed by atoms with Crippen LogP contribution >= 0.6 is 0 Å². The molecule has 1 amide bonds. The Kier molecular flexibility index (Phi) is 5.47. The van der Waals surface area contributed by atoms with Crippen LogP contribution in [0, 0.1) is 6.92 Å². The number of aromatic nitrogens is 2. The van der Waals surface area contributed by atoms with Gasteiger partial charge in [-0.2, -0.15) is 0 Å². The molecule has 1 aromatic heterocycles. The van der Waals surface area contributed by atoms with E-state index in [0.29, 0.717) is 30.7 Å². The molecule has 0 bridgehead atoms. The van der Waals surface area contributed by atoms with E-state index in [1.54, 1.807) is 6.92 Å². The maximum atomic E-state index is 13.2. The molecule has 0 fully saturated rings. The monoisotopic (exact) mass is 389 g/mol. The summed E-state index contributed by atoms with van der Waals surface area (Å²) < 4.78 is 5.69. The van der Waals surface area contributed by atoms with Crippen molar-refractivity contribution in [3.63, 3.8) is 0 Å². The third-order valence-electron chi connectivity index (χ3n) is 5.68. The second kappa shape index (κ2) is 8.19. The van der Waals surface area contributed by atoms with Crippen LogP contribution in [0.4, 0.5) is 0 Å². The smallest absolute Gasteiger partial charge is 0.224 e. The Bertz CT molecular complexity index is 994. The van der Waals surface area contributed by atoms with Crippen LogP contribution in [0.15, 0.2) is 52.9 Å². The lowest BCUT2D eigenvalue weighted by Crippen LogP contribution is -2.36. The van der Waals surface area contributed by atoms with E-state index in [1.165, 1.54) is 16.7 Å². The molecule has 0 radical (unpaired) electrons. The summed E-state index contributed by atoms with van der Waals surface area (Å²) in [6.07, 6.45) is 1.22. The van der Waals surface area contributed by atoms with Gasteiger partial charge in [0.25, 0.3) is 0 Å². The van der Waals surface area contributed by atoms with Gasteiger partial charge in [0.15, 0.2) is 0 Å². The first-order valence-electron chi connectivity index (χ1n) is 10.3. The molecule has 1 atom stereocenters. The number of carbonyl (C=O) groups is 1. The molecule has 150 valence electrons. The first-order valence-corrected chi connectivity index (χ1v) is 10.3. The number of rotatable bonds is 5. The molecule has 0 aliphatic carbocycles. The Hall–Kier alpha value is -2.95. The maximum absolute atomic E-state index is 13.2. The molecule has 2 heterocycles. The molecule has 1 unspecified atom stereocenters. The standard InChI is InChI=1S/C24H27N3O2/c1-16(2)20-10-9-18-11-12-27(15-21(18)13-20)23(28)14-22(19-7-5-4-6-8-19)24-26-25-17(3)29-24/h4-10,13,16,22H,11-12,14-15H2,1-3H3. The van der Waals surface area contributed by atoms with Crippen molar-refractivity contribution in [2.45, 2.75) is 52.0 Å². The molecule has 1 aliphatic rings. The average Bonchev–Trinajstić information content (AvgIpc) is 3.17. The molecule has 2 aromatic carbocycles. The fourth-order valence-corrected chi connectivity index (χ4v) is 3.94. The van der Waals surface area contributed by atoms with Gasteiger partial charge in [0.2, 0.25) is 17.7 Å². The minimum atomic E-state index is -0.228. The highest BCUT2D eigenvalue weighted by Crippen LogP contribution is 2.30. The van der Waals surface area contributed by atoms with E-state index in [2.05, 4.69) is 42.2 Å². The normalized spacial score (nSPS) is 14.7. The van der Waals surface area contributed by atoms with Gasteiger partial charge in [-0.1, -0.05) is 62.4 Å². The quantitative estimate of drug-likeness (QED) is 0.639. The van der Waals surface area contributed by atoms with E-state index in [-0.39, 0.29) is 11.8 Å². The van der Waals surface area contributed by atoms with E-state index < -0.39 is 0 Å². The Morgan fingerprint density at radius 3 is 2.55 bits per heavy atom. The summed E-state index contributed by atoms with van der Waals surface area (Å²) in [6, 6.07) is 16.6. The van der Waals surface area contributed by atoms with E-state index in [9.17, 15) is 4.79 Å². The Labute approximate surface area is 171 Å². The molecule has 5 nitrogen and oxygen atoms in total. The van der Waals surface area contributed by atoms with Gasteiger partial charge < -0.3 is 9.32 Å². The highest BCUT2D eigenvalue weighted by molar-refractivity contribution is 5.78. The lowest BCUT2D eigenvalue weighted by molar-refractivity contribution is -0.132. The minimum Gasteiger partial charge on any atom is -0.425 e. The fourth-order valence-electron chi connectivity index (χ4n) is 3.94. The first kappa shape index (κ1) is 19.4. The van der Waals surface area contributed by atoms with Gasteiger partial charge in [0, 0.05) is 26.4 Å². The van der Waals surface area contributed by atoms with Crippen molar-refractivity contribution in [1.82, 2.24) is 15.1 Å². The van der Waals surface area contributed by atoms with Crippen LogP contribution in [-0.4, -0.2) is 27.5 Å². The topological polar surface area (TPSA) is 59.2 Å². The van der Waals surface area contributed by atoms with Crippen LogP contribution in [0.3, 0.4) is 0 Å². The highest BCUT2D eigenvalue weighted by atomic mass is 16.4. The summed E-state index contributed by atoms with van der Waals surface area (Å²) in [4.78, 5) is 15.2. The summed E-state index contributed by atoms with van der Waals surface area (Å²) in [5.41, 5.74) is 4.96. The van der Waals surface area contributed by atoms with Crippen LogP contribution in [0.5, 0.6) is 0 Å². The number of aryl methyl sites for hydroxylation is 1. The van der Waals surface area contributed by atoms with Crippen LogP contribution in [-0.2, 0) is 17.8 Å². The van der Waals surface area contributed by atoms with Gasteiger partial charge in [-0.3, -0.25) is 4.79 Å². The zero-order valence-electron chi connectivity index (χ0n) is 17.3. The molecule has 0 saturated carbocycles. The van der Waals surface area contributed by atoms with Gasteiger partial charge in [0.1, 0.15) is 0 Å². The summed E-state index contributed by atoms with van der Waals surface area (Å²) in [5, 5.41) is 8.17. The van der Waals surface area contributed by atoms with Crippen molar-refractivity contribution < 1.29 is 9.21 Å². The van der Waals surface area contributed by atoms with E-state index in [1.807, 2.05) is 35.2 Å². The molecular weight excluding hydrogens is 362 g/mol. The van der Waals surface area contributed by atoms with Gasteiger partial charge in [-0.15, -0.1) is 10.2 Å². The number of nitrogens with zero attached hydrogens (tertiary/aromatic N) is 3. The van der Waals surface area contributed by atoms with Crippen molar-refractivity contribution in [2.24, 2.45) is 0 Å². The molecule has 4 rings (SSSR count). The molecular formula is C24H27N3O2. The Morgan fingerprint density at radius 2 is 1.86 bits per heavy atom. The van der Waals surface area contributed by atoms with E-state index in [4.69, 9.17) is 4.42 Å². The van der Waals surface area contributed by atoms with Gasteiger partial charge in [-0.05, 0) is 34.6 Å². The van der Waals surface area contributed by atoms with Crippen LogP contribution in [0.1, 0.15) is 66.1 Å². The zero-order chi connectivity index (χ0) is 20.4. The largest absolute Gasteiger partial charge is 0.425 e. The van der Waals surface area contributed by atoms with E-state index >= 15 is 0 Å². The van der Waals surface area contributed by atoms with Gasteiger partial charge in [-0.25, -0.2) is 0 Å². The number of amides is 1. The molecule has 29 heavy (non-hydrogen) atoms. The molecule has 5 heteroatoms. The van der Waals surface area contributed by atoms with Gasteiger partial charge in [0.05, 0.1) is 5.92 Å². The Balaban J connectivity index is 1.55. The average molecular weight is 389 g/mol. The Morgan fingerprint density at radius 1 is 1.07 bits per heavy atom. The number of benzene rings is 2. The van der Waals surface area contributed by atoms with Crippen molar-refractivity contribution in [2.75, 3.05) is 6.54 Å². The van der Waals surface area contributed by atoms with Crippen LogP contribution < -0.4 is 0 Å². The van der Waals surface area contributed by atoms with Crippen molar-refractivity contribution >= 4 is 5.91 Å². The SMILES string of the molecule is Cc1nnc(C(CC(=O)N2CCc3ccc(C(C)C)cc3C2)c2ccccc2)o1. The van der Waals surface area contributed by atoms with Gasteiger partial charge >= 0.3 is 0 Å². The second-order valence-electron chi connectivity index (χ2n) is 8.07. The minimum absolute atomic E-state index is 0.121. The van der Waals surface area contributed by atoms with Crippen LogP contribution in [0.25, 0.3) is 0 Å². The molecule has 0 spiro atoms. The molecule has 1 aliphatic heterocycles. The molecule has 0 N–H and O–H groups in total. The zero-order valence-corrected chi connectivity index (χ0v) is 17.3. The third-order valence-corrected chi connectivity index (χ3v) is 5.68. The first-order chi connectivity index (χ1) is 14.0. The van der Waals surface area contributed by atoms with E-state index in [0.717, 1.165) is 18.5 Å². The maximum Gasteiger partial charge on any atom is 0.224 e. The molecule has 3 aromatic rings. The lowest BCUT2D eigenvalue weighted by Gasteiger charge is -2.30.